The molecule has 21 heavy (non-hydrogen) atoms. The van der Waals surface area contributed by atoms with E-state index in [4.69, 9.17) is 10.5 Å². The number of amides is 1. The maximum absolute atomic E-state index is 12.2. The van der Waals surface area contributed by atoms with E-state index in [0.29, 0.717) is 35.4 Å². The summed E-state index contributed by atoms with van der Waals surface area (Å²) in [5.74, 6) is 0.817. The highest BCUT2D eigenvalue weighted by molar-refractivity contribution is 7.86. The summed E-state index contributed by atoms with van der Waals surface area (Å²) in [6, 6.07) is 5.01. The number of nitrogens with one attached hydrogen (secondary N) is 1. The monoisotopic (exact) mass is 312 g/mol. The highest BCUT2D eigenvalue weighted by Gasteiger charge is 2.14. The molecule has 1 aromatic rings. The number of carbonyl (C=O) groups excluding carboxylic acids is 1. The van der Waals surface area contributed by atoms with Crippen molar-refractivity contribution in [1.29, 1.82) is 0 Å². The fraction of sp³-hybridized carbons (Fsp3) is 0.533. The Labute approximate surface area is 128 Å². The summed E-state index contributed by atoms with van der Waals surface area (Å²) in [7, 11) is -1.47. The van der Waals surface area contributed by atoms with Gasteiger partial charge in [-0.2, -0.15) is 0 Å². The number of rotatable bonds is 8. The van der Waals surface area contributed by atoms with Crippen LogP contribution in [0.15, 0.2) is 23.1 Å². The molecule has 0 aliphatic heterocycles. The topological polar surface area (TPSA) is 81.4 Å². The first-order chi connectivity index (χ1) is 9.93. The van der Waals surface area contributed by atoms with Gasteiger partial charge in [-0.15, -0.1) is 0 Å². The lowest BCUT2D eigenvalue weighted by atomic mass is 10.1. The zero-order valence-corrected chi connectivity index (χ0v) is 13.7. The highest BCUT2D eigenvalue weighted by Crippen LogP contribution is 2.23. The second-order valence-corrected chi connectivity index (χ2v) is 6.57. The van der Waals surface area contributed by atoms with E-state index in [2.05, 4.69) is 19.2 Å². The molecule has 0 saturated heterocycles. The third kappa shape index (κ3) is 6.16. The number of hydrogen-bond donors (Lipinski definition) is 2. The second-order valence-electron chi connectivity index (χ2n) is 5.15. The van der Waals surface area contributed by atoms with E-state index in [9.17, 15) is 9.00 Å². The van der Waals surface area contributed by atoms with Gasteiger partial charge in [0.2, 0.25) is 5.91 Å². The van der Waals surface area contributed by atoms with Crippen LogP contribution in [0.1, 0.15) is 27.2 Å². The Kier molecular flexibility index (Phi) is 7.22. The number of ether oxygens (including phenoxy) is 1. The third-order valence-electron chi connectivity index (χ3n) is 2.85. The minimum absolute atomic E-state index is 0.0854. The van der Waals surface area contributed by atoms with E-state index in [0.717, 1.165) is 6.42 Å². The average molecular weight is 312 g/mol. The standard InChI is InChI=1S/C15H24N2O3S/c1-4-20-12-5-6-13(16)14(9-12)21(19)10-15(18)17-8-7-11(2)3/h5-6,9,11H,4,7-8,10,16H2,1-3H3,(H,17,18). The fourth-order valence-corrected chi connectivity index (χ4v) is 2.79. The smallest absolute Gasteiger partial charge is 0.233 e. The molecule has 1 amide bonds. The largest absolute Gasteiger partial charge is 0.494 e. The summed E-state index contributed by atoms with van der Waals surface area (Å²) in [5.41, 5.74) is 6.23. The van der Waals surface area contributed by atoms with Gasteiger partial charge >= 0.3 is 0 Å². The summed E-state index contributed by atoms with van der Waals surface area (Å²) >= 11 is 0. The Bertz CT molecular complexity index is 504. The molecule has 0 radical (unpaired) electrons. The molecule has 3 N–H and O–H groups in total. The number of carbonyl (C=O) groups is 1. The van der Waals surface area contributed by atoms with Crippen LogP contribution in [0.3, 0.4) is 0 Å². The van der Waals surface area contributed by atoms with Crippen LogP contribution in [0, 0.1) is 5.92 Å². The zero-order valence-electron chi connectivity index (χ0n) is 12.8. The first kappa shape index (κ1) is 17.5. The molecule has 118 valence electrons. The molecule has 1 aromatic carbocycles. The van der Waals surface area contributed by atoms with Crippen LogP contribution in [0.2, 0.25) is 0 Å². The van der Waals surface area contributed by atoms with Crippen molar-refractivity contribution < 1.29 is 13.7 Å². The molecular formula is C15H24N2O3S. The van der Waals surface area contributed by atoms with Crippen LogP contribution in [0.5, 0.6) is 5.75 Å². The van der Waals surface area contributed by atoms with Gasteiger partial charge in [0.15, 0.2) is 0 Å². The predicted molar refractivity (Wildman–Crippen MR) is 85.8 cm³/mol. The van der Waals surface area contributed by atoms with Crippen LogP contribution < -0.4 is 15.8 Å². The van der Waals surface area contributed by atoms with Crippen LogP contribution in [-0.2, 0) is 15.6 Å². The molecule has 0 aliphatic carbocycles. The van der Waals surface area contributed by atoms with Gasteiger partial charge in [-0.25, -0.2) is 0 Å². The van der Waals surface area contributed by atoms with Crippen LogP contribution in [-0.4, -0.2) is 29.0 Å². The van der Waals surface area contributed by atoms with Crippen molar-refractivity contribution in [2.75, 3.05) is 24.6 Å². The van der Waals surface area contributed by atoms with Gasteiger partial charge in [-0.05, 0) is 37.5 Å². The summed E-state index contributed by atoms with van der Waals surface area (Å²) in [6.07, 6.45) is 0.903. The normalized spacial score (nSPS) is 12.2. The lowest BCUT2D eigenvalue weighted by Crippen LogP contribution is -2.29. The number of nitrogen functional groups attached to an aromatic ring is 1. The molecule has 0 bridgehead atoms. The van der Waals surface area contributed by atoms with Gasteiger partial charge in [0.1, 0.15) is 11.5 Å². The fourth-order valence-electron chi connectivity index (χ4n) is 1.72. The number of benzene rings is 1. The molecule has 0 fully saturated rings. The van der Waals surface area contributed by atoms with Crippen molar-refractivity contribution in [3.63, 3.8) is 0 Å². The summed E-state index contributed by atoms with van der Waals surface area (Å²) < 4.78 is 17.6. The summed E-state index contributed by atoms with van der Waals surface area (Å²) in [5, 5.41) is 2.77. The van der Waals surface area contributed by atoms with E-state index >= 15 is 0 Å². The predicted octanol–water partition coefficient (Wildman–Crippen LogP) is 1.94. The number of hydrogen-bond acceptors (Lipinski definition) is 4. The Morgan fingerprint density at radius 1 is 1.43 bits per heavy atom. The van der Waals surface area contributed by atoms with Gasteiger partial charge in [-0.1, -0.05) is 13.8 Å². The third-order valence-corrected chi connectivity index (χ3v) is 4.22. The van der Waals surface area contributed by atoms with Crippen molar-refractivity contribution in [3.05, 3.63) is 18.2 Å². The first-order valence-electron chi connectivity index (χ1n) is 7.11. The maximum atomic E-state index is 12.2. The molecule has 0 spiro atoms. The van der Waals surface area contributed by atoms with Crippen molar-refractivity contribution in [1.82, 2.24) is 5.32 Å². The van der Waals surface area contributed by atoms with Gasteiger partial charge in [-0.3, -0.25) is 9.00 Å². The summed E-state index contributed by atoms with van der Waals surface area (Å²) in [4.78, 5) is 12.2. The first-order valence-corrected chi connectivity index (χ1v) is 8.43. The molecule has 6 heteroatoms. The highest BCUT2D eigenvalue weighted by atomic mass is 32.2. The Morgan fingerprint density at radius 3 is 2.76 bits per heavy atom. The molecule has 0 aromatic heterocycles. The molecule has 0 heterocycles. The van der Waals surface area contributed by atoms with Gasteiger partial charge in [0.25, 0.3) is 0 Å². The quantitative estimate of drug-likeness (QED) is 0.719. The molecule has 5 nitrogen and oxygen atoms in total. The lowest BCUT2D eigenvalue weighted by Gasteiger charge is -2.10. The zero-order chi connectivity index (χ0) is 15.8. The van der Waals surface area contributed by atoms with Gasteiger partial charge < -0.3 is 15.8 Å². The van der Waals surface area contributed by atoms with Gasteiger partial charge in [0, 0.05) is 12.2 Å². The Balaban J connectivity index is 2.62. The van der Waals surface area contributed by atoms with E-state index < -0.39 is 10.8 Å². The molecular weight excluding hydrogens is 288 g/mol. The molecule has 0 saturated carbocycles. The molecule has 0 aliphatic rings. The van der Waals surface area contributed by atoms with Crippen molar-refractivity contribution >= 4 is 22.4 Å². The van der Waals surface area contributed by atoms with Crippen LogP contribution in [0.25, 0.3) is 0 Å². The van der Waals surface area contributed by atoms with Crippen molar-refractivity contribution in [3.8, 4) is 5.75 Å². The van der Waals surface area contributed by atoms with E-state index in [1.807, 2.05) is 6.92 Å². The van der Waals surface area contributed by atoms with Crippen LogP contribution >= 0.6 is 0 Å². The van der Waals surface area contributed by atoms with Gasteiger partial charge in [0.05, 0.1) is 22.3 Å². The lowest BCUT2D eigenvalue weighted by molar-refractivity contribution is -0.118. The van der Waals surface area contributed by atoms with E-state index in [-0.39, 0.29) is 11.7 Å². The molecule has 1 rings (SSSR count). The number of anilines is 1. The van der Waals surface area contributed by atoms with E-state index in [1.54, 1.807) is 18.2 Å². The maximum Gasteiger partial charge on any atom is 0.233 e. The summed E-state index contributed by atoms with van der Waals surface area (Å²) in [6.45, 7) is 7.16. The number of nitrogens with two attached hydrogens (primary N) is 1. The van der Waals surface area contributed by atoms with Crippen LogP contribution in [0.4, 0.5) is 5.69 Å². The average Bonchev–Trinajstić information content (AvgIpc) is 2.40. The van der Waals surface area contributed by atoms with Crippen molar-refractivity contribution in [2.45, 2.75) is 32.1 Å². The minimum atomic E-state index is -1.47. The SMILES string of the molecule is CCOc1ccc(N)c(S(=O)CC(=O)NCCC(C)C)c1. The Morgan fingerprint density at radius 2 is 2.14 bits per heavy atom. The van der Waals surface area contributed by atoms with Crippen molar-refractivity contribution in [2.24, 2.45) is 5.92 Å². The molecule has 1 atom stereocenters. The molecule has 1 unspecified atom stereocenters. The minimum Gasteiger partial charge on any atom is -0.494 e. The van der Waals surface area contributed by atoms with E-state index in [1.165, 1.54) is 0 Å². The Hall–Kier alpha value is -1.56. The second kappa shape index (κ2) is 8.67.